The quantitative estimate of drug-likeness (QED) is 0.0539. The number of hydrogen-bond acceptors (Lipinski definition) is 4. The van der Waals surface area contributed by atoms with Crippen molar-refractivity contribution in [2.45, 2.75) is 173 Å². The monoisotopic (exact) mass is 620 g/mol. The fraction of sp³-hybridized carbons (Fsp3) is 1.00. The van der Waals surface area contributed by atoms with Crippen molar-refractivity contribution in [3.63, 3.8) is 0 Å². The molecule has 8 atom stereocenters. The minimum atomic E-state index is -1.50. The molecule has 0 saturated heterocycles. The molecule has 236 valence electrons. The van der Waals surface area contributed by atoms with Crippen molar-refractivity contribution in [1.82, 2.24) is 0 Å². The van der Waals surface area contributed by atoms with Crippen LogP contribution in [0.3, 0.4) is 0 Å². The summed E-state index contributed by atoms with van der Waals surface area (Å²) < 4.78 is 0. The van der Waals surface area contributed by atoms with E-state index in [0.717, 1.165) is 47.8 Å². The topological polar surface area (TPSA) is 80.9 Å². The lowest BCUT2D eigenvalue weighted by Gasteiger charge is -2.23. The van der Waals surface area contributed by atoms with Gasteiger partial charge < -0.3 is 19.2 Å². The molecule has 8 unspecified atom stereocenters. The molecule has 39 heavy (non-hydrogen) atoms. The summed E-state index contributed by atoms with van der Waals surface area (Å²) in [6.07, 6.45) is 21.8. The summed E-state index contributed by atoms with van der Waals surface area (Å²) in [5.41, 5.74) is 0. The van der Waals surface area contributed by atoms with Crippen LogP contribution in [0.1, 0.15) is 123 Å². The largest absolute Gasteiger partial charge is 0.435 e. The van der Waals surface area contributed by atoms with E-state index in [1.54, 1.807) is 0 Å². The average Bonchev–Trinajstić information content (AvgIpc) is 2.87. The zero-order chi connectivity index (χ0) is 29.5. The second-order valence-corrected chi connectivity index (χ2v) is 22.8. The Bertz CT molecular complexity index is 523. The third-order valence-corrected chi connectivity index (χ3v) is 13.9. The molecule has 0 bridgehead atoms. The molecule has 4 N–H and O–H groups in total. The Hall–Kier alpha value is 0.708. The predicted octanol–water partition coefficient (Wildman–Crippen LogP) is 7.51. The van der Waals surface area contributed by atoms with Crippen LogP contribution in [-0.2, 0) is 0 Å². The van der Waals surface area contributed by atoms with Crippen LogP contribution in [-0.4, -0.2) is 55.3 Å². The van der Waals surface area contributed by atoms with E-state index < -0.39 is 36.2 Å². The smallest absolute Gasteiger partial charge is 0.169 e. The van der Waals surface area contributed by atoms with E-state index in [0.29, 0.717) is 0 Å². The van der Waals surface area contributed by atoms with Gasteiger partial charge in [-0.25, -0.2) is 0 Å². The fourth-order valence-electron chi connectivity index (χ4n) is 6.07. The highest BCUT2D eigenvalue weighted by molar-refractivity contribution is 6.49. The van der Waals surface area contributed by atoms with Crippen molar-refractivity contribution in [3.05, 3.63) is 0 Å². The van der Waals surface area contributed by atoms with Crippen LogP contribution in [0.4, 0.5) is 0 Å². The van der Waals surface area contributed by atoms with Crippen LogP contribution in [0, 0.1) is 23.7 Å². The predicted molar refractivity (Wildman–Crippen MR) is 184 cm³/mol. The molecule has 0 fully saturated rings. The van der Waals surface area contributed by atoms with Crippen LogP contribution >= 0.6 is 0 Å². The van der Waals surface area contributed by atoms with Crippen LogP contribution < -0.4 is 0 Å². The van der Waals surface area contributed by atoms with Gasteiger partial charge >= 0.3 is 0 Å². The lowest BCUT2D eigenvalue weighted by molar-refractivity contribution is 0.322. The highest BCUT2D eigenvalue weighted by Crippen LogP contribution is 2.30. The summed E-state index contributed by atoms with van der Waals surface area (Å²) in [5, 5.41) is 0. The van der Waals surface area contributed by atoms with E-state index in [9.17, 15) is 19.2 Å². The molecule has 0 aliphatic carbocycles. The molecule has 0 saturated carbocycles. The lowest BCUT2D eigenvalue weighted by atomic mass is 9.86. The molecular formula is C31H72O4Si4. The second kappa shape index (κ2) is 26.3. The minimum Gasteiger partial charge on any atom is -0.435 e. The van der Waals surface area contributed by atoms with Gasteiger partial charge in [-0.1, -0.05) is 123 Å². The molecule has 8 heteroatoms. The Balaban J connectivity index is 4.72. The van der Waals surface area contributed by atoms with Crippen molar-refractivity contribution in [3.8, 4) is 0 Å². The molecule has 0 spiro atoms. The molecule has 0 aromatic heterocycles. The van der Waals surface area contributed by atoms with Gasteiger partial charge in [0.1, 0.15) is 0 Å². The molecule has 0 rings (SSSR count). The molecule has 0 aromatic rings. The van der Waals surface area contributed by atoms with Crippen molar-refractivity contribution in [1.29, 1.82) is 0 Å². The Morgan fingerprint density at radius 3 is 1.15 bits per heavy atom. The summed E-state index contributed by atoms with van der Waals surface area (Å²) in [7, 11) is -5.82. The van der Waals surface area contributed by atoms with E-state index in [1.807, 2.05) is 6.55 Å². The van der Waals surface area contributed by atoms with E-state index in [2.05, 4.69) is 33.5 Å². The Kier molecular flexibility index (Phi) is 26.8. The van der Waals surface area contributed by atoms with Crippen molar-refractivity contribution in [2.24, 2.45) is 23.7 Å². The zero-order valence-electron chi connectivity index (χ0n) is 27.3. The standard InChI is InChI=1S/C31H72O4Si4/c1-7-28(2)19-20-31(23-27-39(6)35)18-13-17-30(22-26-38(5)34)16-12-15-29(21-25-37(4)33)14-10-8-9-11-24-36(3)32/h28-39H,7-27H2,1-6H3. The molecule has 0 aliphatic rings. The van der Waals surface area contributed by atoms with Gasteiger partial charge in [-0.3, -0.25) is 0 Å². The van der Waals surface area contributed by atoms with Crippen molar-refractivity contribution in [2.75, 3.05) is 0 Å². The summed E-state index contributed by atoms with van der Waals surface area (Å²) in [6, 6.07) is 4.25. The Morgan fingerprint density at radius 1 is 0.410 bits per heavy atom. The van der Waals surface area contributed by atoms with Crippen LogP contribution in [0.15, 0.2) is 0 Å². The zero-order valence-corrected chi connectivity index (χ0v) is 31.9. The van der Waals surface area contributed by atoms with E-state index >= 15 is 0 Å². The van der Waals surface area contributed by atoms with Gasteiger partial charge in [-0.2, -0.15) is 0 Å². The number of hydrogen-bond donors (Lipinski definition) is 4. The maximum atomic E-state index is 10.1. The van der Waals surface area contributed by atoms with Gasteiger partial charge in [0, 0.05) is 0 Å². The molecule has 0 aliphatic heterocycles. The van der Waals surface area contributed by atoms with Gasteiger partial charge in [-0.05, 0) is 74.0 Å². The summed E-state index contributed by atoms with van der Waals surface area (Å²) in [5.74, 6) is 3.12. The Labute approximate surface area is 251 Å². The summed E-state index contributed by atoms with van der Waals surface area (Å²) >= 11 is 0. The van der Waals surface area contributed by atoms with E-state index in [-0.39, 0.29) is 0 Å². The van der Waals surface area contributed by atoms with Gasteiger partial charge in [-0.15, -0.1) is 0 Å². The van der Waals surface area contributed by atoms with Crippen LogP contribution in [0.2, 0.25) is 50.4 Å². The van der Waals surface area contributed by atoms with Crippen LogP contribution in [0.25, 0.3) is 0 Å². The fourth-order valence-corrected chi connectivity index (χ4v) is 9.81. The highest BCUT2D eigenvalue weighted by atomic mass is 28.3. The van der Waals surface area contributed by atoms with Crippen molar-refractivity contribution < 1.29 is 19.2 Å². The van der Waals surface area contributed by atoms with E-state index in [1.165, 1.54) is 109 Å². The van der Waals surface area contributed by atoms with Gasteiger partial charge in [0.05, 0.1) is 0 Å². The summed E-state index contributed by atoms with van der Waals surface area (Å²) in [6.45, 7) is 12.9. The molecular weight excluding hydrogens is 549 g/mol. The number of rotatable bonds is 28. The average molecular weight is 621 g/mol. The maximum Gasteiger partial charge on any atom is 0.169 e. The first-order valence-electron chi connectivity index (χ1n) is 17.3. The molecule has 0 amide bonds. The highest BCUT2D eigenvalue weighted by Gasteiger charge is 2.17. The normalized spacial score (nSPS) is 18.3. The maximum absolute atomic E-state index is 10.1. The van der Waals surface area contributed by atoms with Gasteiger partial charge in [0.2, 0.25) is 0 Å². The molecule has 4 nitrogen and oxygen atoms in total. The van der Waals surface area contributed by atoms with Crippen LogP contribution in [0.5, 0.6) is 0 Å². The lowest BCUT2D eigenvalue weighted by Crippen LogP contribution is -2.13. The Morgan fingerprint density at radius 2 is 0.769 bits per heavy atom. The molecule has 0 heterocycles. The SMILES string of the molecule is CCC(C)CCC(CCCC(CCCC(CCCCCC[SiH](C)O)CC[SiH](C)O)CC[SiH](C)O)CC[SiH](C)O. The third kappa shape index (κ3) is 27.3. The number of unbranched alkanes of at least 4 members (excludes halogenated alkanes) is 3. The van der Waals surface area contributed by atoms with Crippen molar-refractivity contribution >= 4 is 36.2 Å². The third-order valence-electron chi connectivity index (χ3n) is 9.18. The molecule has 0 aromatic carbocycles. The first-order chi connectivity index (χ1) is 18.5. The first-order valence-corrected chi connectivity index (χ1v) is 27.2. The molecule has 0 radical (unpaired) electrons. The summed E-state index contributed by atoms with van der Waals surface area (Å²) in [4.78, 5) is 39.7. The second-order valence-electron chi connectivity index (χ2n) is 13.7. The van der Waals surface area contributed by atoms with Gasteiger partial charge in [0.25, 0.3) is 0 Å². The van der Waals surface area contributed by atoms with Gasteiger partial charge in [0.15, 0.2) is 36.2 Å². The van der Waals surface area contributed by atoms with E-state index in [4.69, 9.17) is 0 Å². The first kappa shape index (κ1) is 39.7. The minimum absolute atomic E-state index is 0.755.